The first kappa shape index (κ1) is 17.0. The maximum atomic E-state index is 11.4. The second-order valence-corrected chi connectivity index (χ2v) is 6.26. The van der Waals surface area contributed by atoms with Crippen LogP contribution in [0.3, 0.4) is 0 Å². The van der Waals surface area contributed by atoms with E-state index in [1.165, 1.54) is 0 Å². The Morgan fingerprint density at radius 1 is 1.00 bits per heavy atom. The fraction of sp³-hybridized carbons (Fsp3) is 0.263. The third-order valence-corrected chi connectivity index (χ3v) is 4.59. The number of nitrogens with one attached hydrogen (secondary N) is 1. The molecule has 3 rings (SSSR count). The summed E-state index contributed by atoms with van der Waals surface area (Å²) < 4.78 is 0. The Balaban J connectivity index is 1.84. The van der Waals surface area contributed by atoms with Crippen molar-refractivity contribution in [3.8, 4) is 0 Å². The Hall–Kier alpha value is -2.86. The molecule has 3 aromatic rings. The first-order valence-electron chi connectivity index (χ1n) is 8.17. The van der Waals surface area contributed by atoms with E-state index in [4.69, 9.17) is 10.8 Å². The highest BCUT2D eigenvalue weighted by Gasteiger charge is 2.24. The number of H-pyrrole nitrogens is 1. The molecule has 0 saturated heterocycles. The van der Waals surface area contributed by atoms with Crippen molar-refractivity contribution in [2.75, 3.05) is 0 Å². The minimum absolute atomic E-state index is 0.0760. The van der Waals surface area contributed by atoms with E-state index in [0.29, 0.717) is 12.8 Å². The average molecular weight is 340 g/mol. The molecule has 0 radical (unpaired) electrons. The van der Waals surface area contributed by atoms with Crippen molar-refractivity contribution in [2.45, 2.75) is 25.3 Å². The van der Waals surface area contributed by atoms with Gasteiger partial charge < -0.3 is 20.9 Å². The Labute approximate surface area is 144 Å². The van der Waals surface area contributed by atoms with Gasteiger partial charge in [0.05, 0.1) is 5.92 Å². The summed E-state index contributed by atoms with van der Waals surface area (Å²) in [5.74, 6) is -2.98. The van der Waals surface area contributed by atoms with Gasteiger partial charge in [0, 0.05) is 21.8 Å². The summed E-state index contributed by atoms with van der Waals surface area (Å²) in [6.45, 7) is 0. The molecule has 2 aromatic carbocycles. The summed E-state index contributed by atoms with van der Waals surface area (Å²) in [7, 11) is 0. The first-order valence-corrected chi connectivity index (χ1v) is 8.17. The highest BCUT2D eigenvalue weighted by Crippen LogP contribution is 2.28. The van der Waals surface area contributed by atoms with Gasteiger partial charge in [0.1, 0.15) is 6.04 Å². The fourth-order valence-corrected chi connectivity index (χ4v) is 3.22. The van der Waals surface area contributed by atoms with Crippen LogP contribution in [0.25, 0.3) is 21.8 Å². The van der Waals surface area contributed by atoms with E-state index < -0.39 is 23.9 Å². The van der Waals surface area contributed by atoms with Crippen LogP contribution in [-0.4, -0.2) is 33.2 Å². The molecule has 0 spiro atoms. The Bertz CT molecular complexity index is 931. The minimum Gasteiger partial charge on any atom is -0.481 e. The zero-order valence-corrected chi connectivity index (χ0v) is 13.6. The average Bonchev–Trinajstić information content (AvgIpc) is 2.97. The predicted octanol–water partition coefficient (Wildman–Crippen LogP) is 2.76. The topological polar surface area (TPSA) is 116 Å². The molecule has 2 atom stereocenters. The van der Waals surface area contributed by atoms with Crippen molar-refractivity contribution in [1.82, 2.24) is 4.98 Å². The quantitative estimate of drug-likeness (QED) is 0.528. The predicted molar refractivity (Wildman–Crippen MR) is 95.5 cm³/mol. The molecule has 6 nitrogen and oxygen atoms in total. The van der Waals surface area contributed by atoms with Crippen molar-refractivity contribution >= 4 is 33.7 Å². The third kappa shape index (κ3) is 3.49. The smallest absolute Gasteiger partial charge is 0.320 e. The lowest BCUT2D eigenvalue weighted by atomic mass is 9.92. The van der Waals surface area contributed by atoms with E-state index in [9.17, 15) is 14.7 Å². The van der Waals surface area contributed by atoms with Crippen LogP contribution in [0.5, 0.6) is 0 Å². The monoisotopic (exact) mass is 340 g/mol. The molecule has 0 fully saturated rings. The zero-order chi connectivity index (χ0) is 18.0. The molecule has 25 heavy (non-hydrogen) atoms. The maximum absolute atomic E-state index is 11.4. The van der Waals surface area contributed by atoms with Crippen LogP contribution < -0.4 is 5.73 Å². The van der Waals surface area contributed by atoms with E-state index >= 15 is 0 Å². The minimum atomic E-state index is -1.18. The second kappa shape index (κ2) is 6.94. The van der Waals surface area contributed by atoms with Gasteiger partial charge in [-0.25, -0.2) is 0 Å². The van der Waals surface area contributed by atoms with E-state index in [1.54, 1.807) is 0 Å². The standard InChI is InChI=1S/C19H20N2O4/c20-15(19(24)25)10-12(18(22)23)9-8-11-4-3-6-14-13-5-1-2-7-16(13)21-17(11)14/h1-7,12,15,21H,8-10,20H2,(H,22,23)(H,24,25)/t12?,15-/m1/s1. The molecule has 0 aliphatic carbocycles. The number of carboxylic acid groups (broad SMARTS) is 2. The number of carbonyl (C=O) groups is 2. The highest BCUT2D eigenvalue weighted by atomic mass is 16.4. The van der Waals surface area contributed by atoms with Gasteiger partial charge in [-0.05, 0) is 30.9 Å². The molecular weight excluding hydrogens is 320 g/mol. The lowest BCUT2D eigenvalue weighted by molar-refractivity contribution is -0.143. The first-order chi connectivity index (χ1) is 12.0. The fourth-order valence-electron chi connectivity index (χ4n) is 3.22. The van der Waals surface area contributed by atoms with Crippen LogP contribution in [-0.2, 0) is 16.0 Å². The van der Waals surface area contributed by atoms with Crippen molar-refractivity contribution in [1.29, 1.82) is 0 Å². The molecule has 0 bridgehead atoms. The van der Waals surface area contributed by atoms with E-state index in [0.717, 1.165) is 27.4 Å². The summed E-state index contributed by atoms with van der Waals surface area (Å²) in [5.41, 5.74) is 8.54. The van der Waals surface area contributed by atoms with Crippen LogP contribution in [0.2, 0.25) is 0 Å². The molecule has 0 aliphatic heterocycles. The van der Waals surface area contributed by atoms with Crippen molar-refractivity contribution in [3.05, 3.63) is 48.0 Å². The number of carboxylic acids is 2. The van der Waals surface area contributed by atoms with E-state index in [-0.39, 0.29) is 6.42 Å². The van der Waals surface area contributed by atoms with E-state index in [1.807, 2.05) is 42.5 Å². The van der Waals surface area contributed by atoms with Gasteiger partial charge >= 0.3 is 11.9 Å². The SMILES string of the molecule is N[C@H](CC(CCc1cccc2c1[nH]c1ccccc12)C(=O)O)C(=O)O. The zero-order valence-electron chi connectivity index (χ0n) is 13.6. The van der Waals surface area contributed by atoms with Gasteiger partial charge in [-0.3, -0.25) is 9.59 Å². The number of hydrogen-bond donors (Lipinski definition) is 4. The van der Waals surface area contributed by atoms with Gasteiger partial charge in [-0.1, -0.05) is 36.4 Å². The van der Waals surface area contributed by atoms with Crippen molar-refractivity contribution < 1.29 is 19.8 Å². The maximum Gasteiger partial charge on any atom is 0.320 e. The number of aromatic amines is 1. The molecule has 0 amide bonds. The molecule has 0 saturated carbocycles. The normalized spacial score (nSPS) is 13.8. The van der Waals surface area contributed by atoms with E-state index in [2.05, 4.69) is 4.98 Å². The number of nitrogens with two attached hydrogens (primary N) is 1. The molecular formula is C19H20N2O4. The van der Waals surface area contributed by atoms with Crippen molar-refractivity contribution in [2.24, 2.45) is 11.7 Å². The number of rotatable bonds is 7. The Morgan fingerprint density at radius 3 is 2.44 bits per heavy atom. The summed E-state index contributed by atoms with van der Waals surface area (Å²) in [5, 5.41) is 20.5. The number of para-hydroxylation sites is 2. The number of hydrogen-bond acceptors (Lipinski definition) is 3. The lowest BCUT2D eigenvalue weighted by Crippen LogP contribution is -2.34. The van der Waals surface area contributed by atoms with Crippen LogP contribution >= 0.6 is 0 Å². The molecule has 1 aromatic heterocycles. The summed E-state index contributed by atoms with van der Waals surface area (Å²) in [6.07, 6.45) is 0.797. The van der Waals surface area contributed by atoms with Crippen LogP contribution in [0, 0.1) is 5.92 Å². The molecule has 5 N–H and O–H groups in total. The number of aryl methyl sites for hydroxylation is 1. The molecule has 1 unspecified atom stereocenters. The van der Waals surface area contributed by atoms with Gasteiger partial charge in [-0.15, -0.1) is 0 Å². The largest absolute Gasteiger partial charge is 0.481 e. The summed E-state index contributed by atoms with van der Waals surface area (Å²) in [4.78, 5) is 25.7. The summed E-state index contributed by atoms with van der Waals surface area (Å²) >= 11 is 0. The Morgan fingerprint density at radius 2 is 1.72 bits per heavy atom. The number of aromatic nitrogens is 1. The second-order valence-electron chi connectivity index (χ2n) is 6.26. The molecule has 0 aliphatic rings. The lowest BCUT2D eigenvalue weighted by Gasteiger charge is -2.15. The van der Waals surface area contributed by atoms with Crippen LogP contribution in [0.1, 0.15) is 18.4 Å². The van der Waals surface area contributed by atoms with Crippen LogP contribution in [0.4, 0.5) is 0 Å². The van der Waals surface area contributed by atoms with Crippen LogP contribution in [0.15, 0.2) is 42.5 Å². The third-order valence-electron chi connectivity index (χ3n) is 4.59. The molecule has 6 heteroatoms. The van der Waals surface area contributed by atoms with Crippen molar-refractivity contribution in [3.63, 3.8) is 0 Å². The summed E-state index contributed by atoms with van der Waals surface area (Å²) in [6, 6.07) is 12.8. The number of benzene rings is 2. The van der Waals surface area contributed by atoms with Gasteiger partial charge in [0.25, 0.3) is 0 Å². The molecule has 1 heterocycles. The van der Waals surface area contributed by atoms with Gasteiger partial charge in [0.15, 0.2) is 0 Å². The number of fused-ring (bicyclic) bond motifs is 3. The highest BCUT2D eigenvalue weighted by molar-refractivity contribution is 6.08. The number of aliphatic carboxylic acids is 2. The van der Waals surface area contributed by atoms with Gasteiger partial charge in [-0.2, -0.15) is 0 Å². The van der Waals surface area contributed by atoms with Gasteiger partial charge in [0.2, 0.25) is 0 Å². The Kier molecular flexibility index (Phi) is 4.72. The molecule has 130 valence electrons.